The summed E-state index contributed by atoms with van der Waals surface area (Å²) in [6, 6.07) is 10.2. The van der Waals surface area contributed by atoms with Crippen LogP contribution in [0, 0.1) is 17.8 Å². The predicted molar refractivity (Wildman–Crippen MR) is 82.4 cm³/mol. The van der Waals surface area contributed by atoms with Gasteiger partial charge in [0.2, 0.25) is 0 Å². The van der Waals surface area contributed by atoms with Crippen molar-refractivity contribution in [3.05, 3.63) is 42.2 Å². The Balaban J connectivity index is 1.94. The monoisotopic (exact) mass is 269 g/mol. The van der Waals surface area contributed by atoms with Crippen molar-refractivity contribution in [1.82, 2.24) is 4.98 Å². The molecule has 0 bridgehead atoms. The topological polar surface area (TPSA) is 33.1 Å². The zero-order valence-corrected chi connectivity index (χ0v) is 12.3. The fourth-order valence-electron chi connectivity index (χ4n) is 3.87. The van der Waals surface area contributed by atoms with E-state index in [-0.39, 0.29) is 0 Å². The van der Waals surface area contributed by atoms with Gasteiger partial charge in [-0.25, -0.2) is 0 Å². The van der Waals surface area contributed by atoms with Crippen LogP contribution in [0.2, 0.25) is 0 Å². The van der Waals surface area contributed by atoms with Crippen LogP contribution in [0.5, 0.6) is 0 Å². The molecule has 0 spiro atoms. The maximum absolute atomic E-state index is 10.8. The molecule has 3 atom stereocenters. The van der Waals surface area contributed by atoms with Crippen molar-refractivity contribution in [2.45, 2.75) is 39.2 Å². The molecule has 20 heavy (non-hydrogen) atoms. The zero-order valence-electron chi connectivity index (χ0n) is 12.3. The lowest BCUT2D eigenvalue weighted by Crippen LogP contribution is -2.25. The normalized spacial score (nSPS) is 28.4. The van der Waals surface area contributed by atoms with Gasteiger partial charge in [-0.05, 0) is 48.5 Å². The van der Waals surface area contributed by atoms with E-state index in [0.717, 1.165) is 29.3 Å². The summed E-state index contributed by atoms with van der Waals surface area (Å²) in [5, 5.41) is 13.1. The first-order chi connectivity index (χ1) is 9.65. The van der Waals surface area contributed by atoms with Crippen molar-refractivity contribution in [3.8, 4) is 0 Å². The highest BCUT2D eigenvalue weighted by Gasteiger charge is 2.31. The van der Waals surface area contributed by atoms with Gasteiger partial charge in [0.1, 0.15) is 0 Å². The predicted octanol–water partition coefficient (Wildman–Crippen LogP) is 4.34. The highest BCUT2D eigenvalue weighted by Crippen LogP contribution is 2.40. The standard InChI is InChI=1S/C18H23NO/c1-12-9-13(2)11-15(10-12)18(20)17-16-6-4-3-5-14(16)7-8-19-17/h3-8,12-13,15,18,20H,9-11H2,1-2H3. The molecule has 2 heteroatoms. The van der Waals surface area contributed by atoms with Crippen molar-refractivity contribution in [1.29, 1.82) is 0 Å². The smallest absolute Gasteiger partial charge is 0.0994 e. The largest absolute Gasteiger partial charge is 0.386 e. The second-order valence-electron chi connectivity index (χ2n) is 6.54. The van der Waals surface area contributed by atoms with Gasteiger partial charge in [0.25, 0.3) is 0 Å². The molecule has 0 amide bonds. The molecule has 1 saturated carbocycles. The Bertz CT molecular complexity index is 579. The molecule has 0 radical (unpaired) electrons. The van der Waals surface area contributed by atoms with Crippen molar-refractivity contribution in [2.24, 2.45) is 17.8 Å². The molecule has 3 rings (SSSR count). The number of hydrogen-bond donors (Lipinski definition) is 1. The van der Waals surface area contributed by atoms with E-state index in [1.165, 1.54) is 6.42 Å². The van der Waals surface area contributed by atoms with E-state index in [9.17, 15) is 5.11 Å². The van der Waals surface area contributed by atoms with Crippen molar-refractivity contribution in [2.75, 3.05) is 0 Å². The van der Waals surface area contributed by atoms with E-state index in [1.807, 2.05) is 24.4 Å². The van der Waals surface area contributed by atoms with E-state index >= 15 is 0 Å². The lowest BCUT2D eigenvalue weighted by atomic mass is 9.73. The second-order valence-corrected chi connectivity index (χ2v) is 6.54. The molecule has 106 valence electrons. The third-order valence-corrected chi connectivity index (χ3v) is 4.65. The Morgan fingerprint density at radius 2 is 1.75 bits per heavy atom. The quantitative estimate of drug-likeness (QED) is 0.879. The van der Waals surface area contributed by atoms with Crippen LogP contribution < -0.4 is 0 Å². The number of aromatic nitrogens is 1. The van der Waals surface area contributed by atoms with Crippen LogP contribution in [0.3, 0.4) is 0 Å². The Labute approximate surface area is 120 Å². The highest BCUT2D eigenvalue weighted by molar-refractivity contribution is 5.84. The molecule has 0 saturated heterocycles. The van der Waals surface area contributed by atoms with Gasteiger partial charge in [-0.15, -0.1) is 0 Å². The van der Waals surface area contributed by atoms with Crippen LogP contribution in [0.4, 0.5) is 0 Å². The van der Waals surface area contributed by atoms with E-state index in [1.54, 1.807) is 0 Å². The zero-order chi connectivity index (χ0) is 14.1. The Morgan fingerprint density at radius 1 is 1.05 bits per heavy atom. The average Bonchev–Trinajstić information content (AvgIpc) is 2.45. The molecule has 1 aliphatic rings. The first-order valence-corrected chi connectivity index (χ1v) is 7.67. The number of aliphatic hydroxyl groups is 1. The minimum atomic E-state index is -0.439. The molecular weight excluding hydrogens is 246 g/mol. The van der Waals surface area contributed by atoms with Crippen molar-refractivity contribution >= 4 is 10.8 Å². The molecule has 0 aliphatic heterocycles. The number of pyridine rings is 1. The van der Waals surface area contributed by atoms with E-state index < -0.39 is 6.10 Å². The highest BCUT2D eigenvalue weighted by atomic mass is 16.3. The molecule has 1 N–H and O–H groups in total. The Morgan fingerprint density at radius 3 is 2.50 bits per heavy atom. The summed E-state index contributed by atoms with van der Waals surface area (Å²) in [7, 11) is 0. The van der Waals surface area contributed by atoms with Gasteiger partial charge in [0.15, 0.2) is 0 Å². The first-order valence-electron chi connectivity index (χ1n) is 7.67. The number of nitrogens with zero attached hydrogens (tertiary/aromatic N) is 1. The van der Waals surface area contributed by atoms with Crippen LogP contribution >= 0.6 is 0 Å². The molecule has 1 aromatic carbocycles. The van der Waals surface area contributed by atoms with E-state index in [4.69, 9.17) is 0 Å². The first kappa shape index (κ1) is 13.6. The van der Waals surface area contributed by atoms with Crippen molar-refractivity contribution < 1.29 is 5.11 Å². The van der Waals surface area contributed by atoms with Crippen LogP contribution in [0.15, 0.2) is 36.5 Å². The number of benzene rings is 1. The fraction of sp³-hybridized carbons (Fsp3) is 0.500. The van der Waals surface area contributed by atoms with Gasteiger partial charge < -0.3 is 5.11 Å². The van der Waals surface area contributed by atoms with Gasteiger partial charge in [-0.2, -0.15) is 0 Å². The summed E-state index contributed by atoms with van der Waals surface area (Å²) in [6.45, 7) is 4.60. The summed E-state index contributed by atoms with van der Waals surface area (Å²) in [4.78, 5) is 4.48. The van der Waals surface area contributed by atoms with Gasteiger partial charge in [0, 0.05) is 11.6 Å². The van der Waals surface area contributed by atoms with E-state index in [0.29, 0.717) is 17.8 Å². The van der Waals surface area contributed by atoms with Gasteiger partial charge >= 0.3 is 0 Å². The van der Waals surface area contributed by atoms with Crippen LogP contribution in [-0.2, 0) is 0 Å². The summed E-state index contributed by atoms with van der Waals surface area (Å²) in [6.07, 6.45) is 4.88. The molecule has 3 unspecified atom stereocenters. The SMILES string of the molecule is CC1CC(C)CC(C(O)c2nccc3ccccc23)C1. The number of rotatable bonds is 2. The number of aliphatic hydroxyl groups excluding tert-OH is 1. The number of hydrogen-bond acceptors (Lipinski definition) is 2. The molecule has 2 aromatic rings. The third kappa shape index (κ3) is 2.57. The van der Waals surface area contributed by atoms with Crippen LogP contribution in [0.1, 0.15) is 44.9 Å². The molecule has 1 aromatic heterocycles. The van der Waals surface area contributed by atoms with Crippen molar-refractivity contribution in [3.63, 3.8) is 0 Å². The lowest BCUT2D eigenvalue weighted by molar-refractivity contribution is 0.0533. The molecule has 1 fully saturated rings. The maximum atomic E-state index is 10.8. The van der Waals surface area contributed by atoms with Crippen LogP contribution in [0.25, 0.3) is 10.8 Å². The number of fused-ring (bicyclic) bond motifs is 1. The fourth-order valence-corrected chi connectivity index (χ4v) is 3.87. The molecule has 2 nitrogen and oxygen atoms in total. The second kappa shape index (κ2) is 5.53. The van der Waals surface area contributed by atoms with Gasteiger partial charge in [0.05, 0.1) is 11.8 Å². The molecular formula is C18H23NO. The minimum absolute atomic E-state index is 0.340. The summed E-state index contributed by atoms with van der Waals surface area (Å²) < 4.78 is 0. The summed E-state index contributed by atoms with van der Waals surface area (Å²) in [5.41, 5.74) is 0.856. The Hall–Kier alpha value is -1.41. The third-order valence-electron chi connectivity index (χ3n) is 4.65. The molecule has 1 aliphatic carbocycles. The molecule has 1 heterocycles. The summed E-state index contributed by atoms with van der Waals surface area (Å²) >= 11 is 0. The average molecular weight is 269 g/mol. The lowest BCUT2D eigenvalue weighted by Gasteiger charge is -2.34. The summed E-state index contributed by atoms with van der Waals surface area (Å²) in [5.74, 6) is 1.74. The van der Waals surface area contributed by atoms with Crippen LogP contribution in [-0.4, -0.2) is 10.1 Å². The van der Waals surface area contributed by atoms with Gasteiger partial charge in [-0.1, -0.05) is 38.1 Å². The maximum Gasteiger partial charge on any atom is 0.0994 e. The Kier molecular flexibility index (Phi) is 3.75. The van der Waals surface area contributed by atoms with E-state index in [2.05, 4.69) is 31.0 Å². The minimum Gasteiger partial charge on any atom is -0.386 e. The van der Waals surface area contributed by atoms with Gasteiger partial charge in [-0.3, -0.25) is 4.98 Å².